The number of carbonyl (C=O) groups excluding carboxylic acids is 1. The molecule has 2 aromatic heterocycles. The van der Waals surface area contributed by atoms with E-state index in [1.165, 1.54) is 12.3 Å². The molecule has 1 atom stereocenters. The molecular formula is C19H19N3O6. The number of nitrogens with one attached hydrogen (secondary N) is 1. The molecule has 0 bridgehead atoms. The van der Waals surface area contributed by atoms with Crippen LogP contribution in [0.15, 0.2) is 50.3 Å². The first-order valence-corrected chi connectivity index (χ1v) is 8.54. The summed E-state index contributed by atoms with van der Waals surface area (Å²) in [5.41, 5.74) is 1.23. The van der Waals surface area contributed by atoms with Crippen LogP contribution in [0.25, 0.3) is 11.4 Å². The van der Waals surface area contributed by atoms with E-state index in [0.717, 1.165) is 5.56 Å². The SMILES string of the molecule is Cc1occc(=O)c1OCc1ccc(-c2noc(C(=O)NCC(C)O)n2)cc1. The first kappa shape index (κ1) is 19.3. The van der Waals surface area contributed by atoms with Crippen LogP contribution in [0.5, 0.6) is 5.75 Å². The Morgan fingerprint density at radius 2 is 2.04 bits per heavy atom. The highest BCUT2D eigenvalue weighted by atomic mass is 16.5. The Morgan fingerprint density at radius 3 is 2.71 bits per heavy atom. The fraction of sp³-hybridized carbons (Fsp3) is 0.263. The molecule has 0 spiro atoms. The molecule has 2 N–H and O–H groups in total. The van der Waals surface area contributed by atoms with Crippen LogP contribution in [0.1, 0.15) is 28.9 Å². The van der Waals surface area contributed by atoms with Gasteiger partial charge >= 0.3 is 11.8 Å². The van der Waals surface area contributed by atoms with Crippen LogP contribution in [0.3, 0.4) is 0 Å². The second-order valence-electron chi connectivity index (χ2n) is 6.14. The molecule has 0 aliphatic carbocycles. The van der Waals surface area contributed by atoms with E-state index < -0.39 is 12.0 Å². The van der Waals surface area contributed by atoms with Crippen LogP contribution in [0.2, 0.25) is 0 Å². The van der Waals surface area contributed by atoms with Gasteiger partial charge in [0.15, 0.2) is 0 Å². The standard InChI is InChI=1S/C19H19N3O6/c1-11(23)9-20-18(25)19-21-17(22-28-19)14-5-3-13(4-6-14)10-27-16-12(2)26-8-7-15(16)24/h3-8,11,23H,9-10H2,1-2H3,(H,20,25). The summed E-state index contributed by atoms with van der Waals surface area (Å²) in [5, 5.41) is 15.5. The van der Waals surface area contributed by atoms with Crippen molar-refractivity contribution in [3.63, 3.8) is 0 Å². The Labute approximate surface area is 160 Å². The minimum atomic E-state index is -0.674. The van der Waals surface area contributed by atoms with E-state index in [-0.39, 0.29) is 36.0 Å². The van der Waals surface area contributed by atoms with Gasteiger partial charge in [-0.3, -0.25) is 9.59 Å². The molecule has 0 saturated heterocycles. The summed E-state index contributed by atoms with van der Waals surface area (Å²) < 4.78 is 15.7. The zero-order valence-electron chi connectivity index (χ0n) is 15.3. The summed E-state index contributed by atoms with van der Waals surface area (Å²) >= 11 is 0. The zero-order valence-corrected chi connectivity index (χ0v) is 15.3. The zero-order chi connectivity index (χ0) is 20.1. The molecule has 0 aliphatic rings. The van der Waals surface area contributed by atoms with Gasteiger partial charge in [0, 0.05) is 18.2 Å². The highest BCUT2D eigenvalue weighted by molar-refractivity contribution is 5.89. The van der Waals surface area contributed by atoms with Gasteiger partial charge in [0.25, 0.3) is 0 Å². The predicted octanol–water partition coefficient (Wildman–Crippen LogP) is 1.69. The van der Waals surface area contributed by atoms with E-state index in [9.17, 15) is 14.7 Å². The molecular weight excluding hydrogens is 366 g/mol. The molecule has 3 aromatic rings. The van der Waals surface area contributed by atoms with Gasteiger partial charge in [-0.2, -0.15) is 4.98 Å². The van der Waals surface area contributed by atoms with E-state index >= 15 is 0 Å². The summed E-state index contributed by atoms with van der Waals surface area (Å²) in [5.74, 6) is 0.111. The largest absolute Gasteiger partial charge is 0.482 e. The molecule has 3 rings (SSSR count). The lowest BCUT2D eigenvalue weighted by molar-refractivity contribution is 0.0880. The maximum absolute atomic E-state index is 11.9. The van der Waals surface area contributed by atoms with Crippen LogP contribution in [0.4, 0.5) is 0 Å². The first-order chi connectivity index (χ1) is 13.4. The van der Waals surface area contributed by atoms with E-state index in [4.69, 9.17) is 13.7 Å². The summed E-state index contributed by atoms with van der Waals surface area (Å²) in [6.07, 6.45) is 0.649. The molecule has 0 aliphatic heterocycles. The van der Waals surface area contributed by atoms with Crippen molar-refractivity contribution in [1.29, 1.82) is 0 Å². The Hall–Kier alpha value is -3.46. The highest BCUT2D eigenvalue weighted by Gasteiger charge is 2.16. The predicted molar refractivity (Wildman–Crippen MR) is 97.8 cm³/mol. The number of amides is 1. The second kappa shape index (κ2) is 8.49. The topological polar surface area (TPSA) is 128 Å². The van der Waals surface area contributed by atoms with Crippen molar-refractivity contribution >= 4 is 5.91 Å². The lowest BCUT2D eigenvalue weighted by Crippen LogP contribution is -2.30. The Kier molecular flexibility index (Phi) is 5.85. The molecule has 2 heterocycles. The number of rotatable bonds is 7. The monoisotopic (exact) mass is 385 g/mol. The van der Waals surface area contributed by atoms with Crippen molar-refractivity contribution in [1.82, 2.24) is 15.5 Å². The summed E-state index contributed by atoms with van der Waals surface area (Å²) in [6, 6.07) is 8.39. The maximum atomic E-state index is 11.9. The summed E-state index contributed by atoms with van der Waals surface area (Å²) in [6.45, 7) is 3.49. The van der Waals surface area contributed by atoms with Crippen molar-refractivity contribution < 1.29 is 23.6 Å². The lowest BCUT2D eigenvalue weighted by Gasteiger charge is -2.07. The number of nitrogens with zero attached hydrogens (tertiary/aromatic N) is 2. The molecule has 0 fully saturated rings. The Balaban J connectivity index is 1.65. The minimum absolute atomic E-state index is 0.0878. The summed E-state index contributed by atoms with van der Waals surface area (Å²) in [4.78, 5) is 27.7. The minimum Gasteiger partial charge on any atom is -0.482 e. The second-order valence-corrected chi connectivity index (χ2v) is 6.14. The number of carbonyl (C=O) groups is 1. The molecule has 9 nitrogen and oxygen atoms in total. The van der Waals surface area contributed by atoms with Crippen molar-refractivity contribution in [2.45, 2.75) is 26.6 Å². The summed E-state index contributed by atoms with van der Waals surface area (Å²) in [7, 11) is 0. The van der Waals surface area contributed by atoms with E-state index in [0.29, 0.717) is 11.3 Å². The quantitative estimate of drug-likeness (QED) is 0.629. The number of ether oxygens (including phenoxy) is 1. The molecule has 0 radical (unpaired) electrons. The van der Waals surface area contributed by atoms with Crippen LogP contribution in [-0.2, 0) is 6.61 Å². The van der Waals surface area contributed by atoms with E-state index in [1.54, 1.807) is 38.1 Å². The fourth-order valence-corrected chi connectivity index (χ4v) is 2.33. The number of aryl methyl sites for hydroxylation is 1. The fourth-order valence-electron chi connectivity index (χ4n) is 2.33. The molecule has 0 saturated carbocycles. The molecule has 1 unspecified atom stereocenters. The molecule has 9 heteroatoms. The molecule has 1 aromatic carbocycles. The highest BCUT2D eigenvalue weighted by Crippen LogP contribution is 2.18. The van der Waals surface area contributed by atoms with Crippen molar-refractivity contribution in [2.24, 2.45) is 0 Å². The number of aliphatic hydroxyl groups excluding tert-OH is 1. The molecule has 28 heavy (non-hydrogen) atoms. The third-order valence-corrected chi connectivity index (χ3v) is 3.78. The number of hydrogen-bond donors (Lipinski definition) is 2. The first-order valence-electron chi connectivity index (χ1n) is 8.54. The van der Waals surface area contributed by atoms with Gasteiger partial charge < -0.3 is 24.1 Å². The number of hydrogen-bond acceptors (Lipinski definition) is 8. The Bertz CT molecular complexity index is 1010. The van der Waals surface area contributed by atoms with Gasteiger partial charge in [-0.05, 0) is 19.4 Å². The van der Waals surface area contributed by atoms with Gasteiger partial charge in [-0.15, -0.1) is 0 Å². The third-order valence-electron chi connectivity index (χ3n) is 3.78. The number of aromatic nitrogens is 2. The molecule has 1 amide bonds. The number of aliphatic hydroxyl groups is 1. The van der Waals surface area contributed by atoms with Crippen molar-refractivity contribution in [3.05, 3.63) is 64.0 Å². The third kappa shape index (κ3) is 4.63. The normalized spacial score (nSPS) is 11.8. The maximum Gasteiger partial charge on any atom is 0.316 e. The van der Waals surface area contributed by atoms with Gasteiger partial charge in [0.2, 0.25) is 17.0 Å². The van der Waals surface area contributed by atoms with Gasteiger partial charge in [0.1, 0.15) is 12.4 Å². The number of benzene rings is 1. The van der Waals surface area contributed by atoms with Crippen molar-refractivity contribution in [3.8, 4) is 17.1 Å². The van der Waals surface area contributed by atoms with Crippen LogP contribution in [-0.4, -0.2) is 33.8 Å². The lowest BCUT2D eigenvalue weighted by atomic mass is 10.1. The van der Waals surface area contributed by atoms with Crippen LogP contribution < -0.4 is 15.5 Å². The van der Waals surface area contributed by atoms with Crippen LogP contribution >= 0.6 is 0 Å². The van der Waals surface area contributed by atoms with Gasteiger partial charge in [-0.25, -0.2) is 0 Å². The van der Waals surface area contributed by atoms with E-state index in [1.807, 2.05) is 0 Å². The van der Waals surface area contributed by atoms with Gasteiger partial charge in [0.05, 0.1) is 12.4 Å². The smallest absolute Gasteiger partial charge is 0.316 e. The van der Waals surface area contributed by atoms with E-state index in [2.05, 4.69) is 15.5 Å². The van der Waals surface area contributed by atoms with Crippen molar-refractivity contribution in [2.75, 3.05) is 6.54 Å². The van der Waals surface area contributed by atoms with Gasteiger partial charge in [-0.1, -0.05) is 29.4 Å². The Morgan fingerprint density at radius 1 is 1.29 bits per heavy atom. The average Bonchev–Trinajstić information content (AvgIpc) is 3.16. The average molecular weight is 385 g/mol. The van der Waals surface area contributed by atoms with Crippen LogP contribution in [0, 0.1) is 6.92 Å². The molecule has 146 valence electrons.